The number of aromatic nitrogens is 3. The molecule has 5 nitrogen and oxygen atoms in total. The van der Waals surface area contributed by atoms with Gasteiger partial charge in [-0.05, 0) is 49.2 Å². The topological polar surface area (TPSA) is 49.2 Å². The van der Waals surface area contributed by atoms with E-state index in [0.717, 1.165) is 34.8 Å². The number of benzene rings is 2. The SMILES string of the molecule is CCn1c(COc2ccc(OC)cc2)nnc1SCc1ccccc1C. The van der Waals surface area contributed by atoms with Crippen LogP contribution in [0.25, 0.3) is 0 Å². The molecule has 0 atom stereocenters. The van der Waals surface area contributed by atoms with E-state index in [9.17, 15) is 0 Å². The summed E-state index contributed by atoms with van der Waals surface area (Å²) < 4.78 is 13.1. The predicted octanol–water partition coefficient (Wildman–Crippen LogP) is 4.49. The highest BCUT2D eigenvalue weighted by Crippen LogP contribution is 2.24. The maximum atomic E-state index is 5.84. The third kappa shape index (κ3) is 4.38. The molecule has 0 aliphatic carbocycles. The summed E-state index contributed by atoms with van der Waals surface area (Å²) in [6.07, 6.45) is 0. The van der Waals surface area contributed by atoms with Gasteiger partial charge in [-0.25, -0.2) is 0 Å². The second kappa shape index (κ2) is 8.76. The Labute approximate surface area is 158 Å². The number of rotatable bonds is 8. The Kier molecular flexibility index (Phi) is 6.17. The molecule has 1 aromatic heterocycles. The number of hydrogen-bond acceptors (Lipinski definition) is 5. The molecular weight excluding hydrogens is 346 g/mol. The van der Waals surface area contributed by atoms with Crippen molar-refractivity contribution in [3.05, 3.63) is 65.5 Å². The lowest BCUT2D eigenvalue weighted by Crippen LogP contribution is -2.07. The summed E-state index contributed by atoms with van der Waals surface area (Å²) in [7, 11) is 1.65. The van der Waals surface area contributed by atoms with Crippen molar-refractivity contribution in [3.8, 4) is 11.5 Å². The van der Waals surface area contributed by atoms with Crippen molar-refractivity contribution in [1.29, 1.82) is 0 Å². The van der Waals surface area contributed by atoms with E-state index in [2.05, 4.69) is 52.9 Å². The third-order valence-electron chi connectivity index (χ3n) is 4.16. The molecule has 6 heteroatoms. The third-order valence-corrected chi connectivity index (χ3v) is 5.17. The van der Waals surface area contributed by atoms with Crippen molar-refractivity contribution in [1.82, 2.24) is 14.8 Å². The Bertz CT molecular complexity index is 847. The van der Waals surface area contributed by atoms with Gasteiger partial charge < -0.3 is 14.0 Å². The highest BCUT2D eigenvalue weighted by Gasteiger charge is 2.12. The number of nitrogens with zero attached hydrogens (tertiary/aromatic N) is 3. The first kappa shape index (κ1) is 18.3. The molecule has 26 heavy (non-hydrogen) atoms. The Morgan fingerprint density at radius 3 is 2.42 bits per heavy atom. The summed E-state index contributed by atoms with van der Waals surface area (Å²) in [5, 5.41) is 9.58. The average Bonchev–Trinajstić information content (AvgIpc) is 3.08. The maximum Gasteiger partial charge on any atom is 0.191 e. The summed E-state index contributed by atoms with van der Waals surface area (Å²) >= 11 is 1.70. The smallest absolute Gasteiger partial charge is 0.191 e. The van der Waals surface area contributed by atoms with Crippen molar-refractivity contribution in [2.45, 2.75) is 37.9 Å². The van der Waals surface area contributed by atoms with Crippen LogP contribution in [0.4, 0.5) is 0 Å². The molecule has 3 rings (SSSR count). The van der Waals surface area contributed by atoms with E-state index in [0.29, 0.717) is 6.61 Å². The van der Waals surface area contributed by atoms with Crippen molar-refractivity contribution in [2.24, 2.45) is 0 Å². The lowest BCUT2D eigenvalue weighted by molar-refractivity contribution is 0.287. The van der Waals surface area contributed by atoms with Crippen LogP contribution in [-0.2, 0) is 18.9 Å². The Hall–Kier alpha value is -2.47. The van der Waals surface area contributed by atoms with Gasteiger partial charge in [0.25, 0.3) is 0 Å². The van der Waals surface area contributed by atoms with Gasteiger partial charge in [0.2, 0.25) is 0 Å². The van der Waals surface area contributed by atoms with Crippen molar-refractivity contribution in [2.75, 3.05) is 7.11 Å². The molecule has 0 saturated heterocycles. The zero-order valence-corrected chi connectivity index (χ0v) is 16.1. The fraction of sp³-hybridized carbons (Fsp3) is 0.300. The van der Waals surface area contributed by atoms with Crippen LogP contribution in [0.15, 0.2) is 53.7 Å². The fourth-order valence-corrected chi connectivity index (χ4v) is 3.68. The van der Waals surface area contributed by atoms with E-state index in [4.69, 9.17) is 9.47 Å². The van der Waals surface area contributed by atoms with Gasteiger partial charge in [0.05, 0.1) is 7.11 Å². The molecule has 0 aliphatic rings. The van der Waals surface area contributed by atoms with E-state index in [1.54, 1.807) is 18.9 Å². The number of ether oxygens (including phenoxy) is 2. The monoisotopic (exact) mass is 369 g/mol. The molecule has 0 bridgehead atoms. The van der Waals surface area contributed by atoms with Crippen molar-refractivity contribution >= 4 is 11.8 Å². The van der Waals surface area contributed by atoms with Crippen molar-refractivity contribution < 1.29 is 9.47 Å². The summed E-state index contributed by atoms with van der Waals surface area (Å²) in [6.45, 7) is 5.43. The molecule has 0 saturated carbocycles. The molecule has 0 aliphatic heterocycles. The summed E-state index contributed by atoms with van der Waals surface area (Å²) in [6, 6.07) is 16.0. The second-order valence-electron chi connectivity index (χ2n) is 5.82. The minimum Gasteiger partial charge on any atom is -0.497 e. The standard InChI is InChI=1S/C20H23N3O2S/c1-4-23-19(13-25-18-11-9-17(24-3)10-12-18)21-22-20(23)26-14-16-8-6-5-7-15(16)2/h5-12H,4,13-14H2,1-3H3. The Morgan fingerprint density at radius 2 is 1.73 bits per heavy atom. The van der Waals surface area contributed by atoms with Crippen molar-refractivity contribution in [3.63, 3.8) is 0 Å². The lowest BCUT2D eigenvalue weighted by atomic mass is 10.1. The highest BCUT2D eigenvalue weighted by molar-refractivity contribution is 7.98. The van der Waals surface area contributed by atoms with Gasteiger partial charge in [0.1, 0.15) is 18.1 Å². The van der Waals surface area contributed by atoms with E-state index in [1.165, 1.54) is 11.1 Å². The van der Waals surface area contributed by atoms with Crippen LogP contribution in [0, 0.1) is 6.92 Å². The van der Waals surface area contributed by atoms with E-state index >= 15 is 0 Å². The molecule has 0 spiro atoms. The Balaban J connectivity index is 1.64. The Morgan fingerprint density at radius 1 is 1.00 bits per heavy atom. The van der Waals surface area contributed by atoms with Crippen LogP contribution in [0.1, 0.15) is 23.9 Å². The molecule has 0 N–H and O–H groups in total. The zero-order valence-electron chi connectivity index (χ0n) is 15.3. The quantitative estimate of drug-likeness (QED) is 0.548. The largest absolute Gasteiger partial charge is 0.497 e. The fourth-order valence-electron chi connectivity index (χ4n) is 2.58. The molecule has 1 heterocycles. The summed E-state index contributed by atoms with van der Waals surface area (Å²) in [5.41, 5.74) is 2.62. The predicted molar refractivity (Wildman–Crippen MR) is 104 cm³/mol. The number of aryl methyl sites for hydroxylation is 1. The molecular formula is C20H23N3O2S. The number of thioether (sulfide) groups is 1. The van der Waals surface area contributed by atoms with Crippen LogP contribution in [-0.4, -0.2) is 21.9 Å². The average molecular weight is 369 g/mol. The molecule has 136 valence electrons. The van der Waals surface area contributed by atoms with Crippen LogP contribution < -0.4 is 9.47 Å². The first-order valence-electron chi connectivity index (χ1n) is 8.57. The second-order valence-corrected chi connectivity index (χ2v) is 6.76. The van der Waals surface area contributed by atoms with Gasteiger partial charge in [-0.2, -0.15) is 0 Å². The molecule has 0 amide bonds. The molecule has 0 unspecified atom stereocenters. The maximum absolute atomic E-state index is 5.84. The summed E-state index contributed by atoms with van der Waals surface area (Å²) in [5.74, 6) is 3.30. The minimum atomic E-state index is 0.387. The van der Waals surface area contributed by atoms with Gasteiger partial charge in [0, 0.05) is 12.3 Å². The molecule has 3 aromatic rings. The first-order valence-corrected chi connectivity index (χ1v) is 9.56. The first-order chi connectivity index (χ1) is 12.7. The van der Waals surface area contributed by atoms with Gasteiger partial charge >= 0.3 is 0 Å². The normalized spacial score (nSPS) is 10.7. The van der Waals surface area contributed by atoms with Crippen LogP contribution in [0.5, 0.6) is 11.5 Å². The van der Waals surface area contributed by atoms with Gasteiger partial charge in [-0.3, -0.25) is 0 Å². The summed E-state index contributed by atoms with van der Waals surface area (Å²) in [4.78, 5) is 0. The van der Waals surface area contributed by atoms with E-state index in [1.807, 2.05) is 24.3 Å². The van der Waals surface area contributed by atoms with Gasteiger partial charge in [-0.1, -0.05) is 36.0 Å². The van der Waals surface area contributed by atoms with E-state index in [-0.39, 0.29) is 0 Å². The van der Waals surface area contributed by atoms with Crippen LogP contribution >= 0.6 is 11.8 Å². The highest BCUT2D eigenvalue weighted by atomic mass is 32.2. The van der Waals surface area contributed by atoms with Crippen LogP contribution in [0.2, 0.25) is 0 Å². The van der Waals surface area contributed by atoms with Crippen LogP contribution in [0.3, 0.4) is 0 Å². The van der Waals surface area contributed by atoms with Gasteiger partial charge in [0.15, 0.2) is 11.0 Å². The molecule has 0 radical (unpaired) electrons. The zero-order chi connectivity index (χ0) is 18.4. The molecule has 2 aromatic carbocycles. The molecule has 0 fully saturated rings. The lowest BCUT2D eigenvalue weighted by Gasteiger charge is -2.10. The number of hydrogen-bond donors (Lipinski definition) is 0. The number of methoxy groups -OCH3 is 1. The van der Waals surface area contributed by atoms with Gasteiger partial charge in [-0.15, -0.1) is 10.2 Å². The van der Waals surface area contributed by atoms with E-state index < -0.39 is 0 Å². The minimum absolute atomic E-state index is 0.387.